The highest BCUT2D eigenvalue weighted by atomic mass is 32.1. The van der Waals surface area contributed by atoms with Crippen molar-refractivity contribution in [2.75, 3.05) is 27.3 Å². The van der Waals surface area contributed by atoms with Crippen molar-refractivity contribution in [2.24, 2.45) is 11.8 Å². The van der Waals surface area contributed by atoms with Crippen LogP contribution in [0.5, 0.6) is 5.75 Å². The number of H-pyrrole nitrogens is 2. The number of aromatic nitrogens is 4. The van der Waals surface area contributed by atoms with E-state index < -0.39 is 36.3 Å². The maximum Gasteiger partial charge on any atom is 0.410 e. The van der Waals surface area contributed by atoms with Gasteiger partial charge >= 0.3 is 24.0 Å². The van der Waals surface area contributed by atoms with E-state index in [4.69, 9.17) is 19.2 Å². The van der Waals surface area contributed by atoms with Crippen LogP contribution in [0.1, 0.15) is 105 Å². The van der Waals surface area contributed by atoms with Crippen LogP contribution in [-0.4, -0.2) is 103 Å². The van der Waals surface area contributed by atoms with Gasteiger partial charge in [-0.05, 0) is 91.6 Å². The minimum atomic E-state index is -0.766. The van der Waals surface area contributed by atoms with E-state index in [0.717, 1.165) is 62.6 Å². The molecule has 0 saturated heterocycles. The lowest BCUT2D eigenvalue weighted by molar-refractivity contribution is -0.443. The fourth-order valence-corrected chi connectivity index (χ4v) is 11.3. The van der Waals surface area contributed by atoms with E-state index in [2.05, 4.69) is 43.4 Å². The number of carbonyl (C=O) groups is 4. The van der Waals surface area contributed by atoms with Crippen molar-refractivity contribution in [2.45, 2.75) is 97.4 Å². The first-order chi connectivity index (χ1) is 33.2. The molecule has 1 aliphatic carbocycles. The Morgan fingerprint density at radius 3 is 2.12 bits per heavy atom. The number of amides is 4. The van der Waals surface area contributed by atoms with Crippen molar-refractivity contribution >= 4 is 57.7 Å². The van der Waals surface area contributed by atoms with Crippen LogP contribution in [0.2, 0.25) is 0 Å². The van der Waals surface area contributed by atoms with Gasteiger partial charge in [-0.15, -0.1) is 11.3 Å². The SMILES string of the molecule is COC(=O)NC(C(=O)[N+]1=C(c2ncc(-c3ccc4c(c3)cc3n4C(c4ccc(C5CC5)s4)Oc4cc(-c5cc(C)c(C6=[N+](C(=O)C(NC(=O)OC)C(C)C)CCC6)[nH]5)cc(F)c4-3)[nH]2)CCC1)C(C)C. The third-order valence-electron chi connectivity index (χ3n) is 13.8. The monoisotopic (exact) mass is 956 g/mol. The lowest BCUT2D eigenvalue weighted by Crippen LogP contribution is -2.49. The van der Waals surface area contributed by atoms with E-state index >= 15 is 4.39 Å². The van der Waals surface area contributed by atoms with E-state index in [1.807, 2.05) is 65.0 Å². The predicted molar refractivity (Wildman–Crippen MR) is 260 cm³/mol. The third-order valence-corrected chi connectivity index (χ3v) is 15.1. The second-order valence-electron chi connectivity index (χ2n) is 19.2. The number of benzene rings is 2. The van der Waals surface area contributed by atoms with Gasteiger partial charge in [-0.25, -0.2) is 28.6 Å². The van der Waals surface area contributed by atoms with Gasteiger partial charge in [0.05, 0.1) is 47.8 Å². The van der Waals surface area contributed by atoms with E-state index in [9.17, 15) is 19.2 Å². The van der Waals surface area contributed by atoms with Crippen molar-refractivity contribution in [3.05, 3.63) is 93.4 Å². The molecular weight excluding hydrogens is 900 g/mol. The minimum absolute atomic E-state index is 0.162. The number of imidazole rings is 1. The van der Waals surface area contributed by atoms with Crippen molar-refractivity contribution in [1.82, 2.24) is 30.2 Å². The minimum Gasteiger partial charge on any atom is -0.464 e. The number of carbonyl (C=O) groups excluding carboxylic acids is 4. The van der Waals surface area contributed by atoms with Gasteiger partial charge in [0.2, 0.25) is 17.7 Å². The number of rotatable bonds is 12. The van der Waals surface area contributed by atoms with Crippen LogP contribution in [-0.2, 0) is 19.1 Å². The van der Waals surface area contributed by atoms with Crippen molar-refractivity contribution in [3.63, 3.8) is 0 Å². The third kappa shape index (κ3) is 8.44. The zero-order valence-corrected chi connectivity index (χ0v) is 40.6. The molecule has 4 N–H and O–H groups in total. The molecule has 17 heteroatoms. The molecule has 0 spiro atoms. The van der Waals surface area contributed by atoms with Crippen LogP contribution < -0.4 is 15.4 Å². The number of hydrogen-bond acceptors (Lipinski definition) is 9. The molecule has 3 atom stereocenters. The Labute approximate surface area is 402 Å². The Morgan fingerprint density at radius 1 is 0.812 bits per heavy atom. The number of halogens is 1. The van der Waals surface area contributed by atoms with Crippen molar-refractivity contribution in [1.29, 1.82) is 0 Å². The number of alkyl carbamates (subject to hydrolysis) is 2. The van der Waals surface area contributed by atoms with Crippen LogP contribution in [0, 0.1) is 24.6 Å². The molecule has 4 amide bonds. The van der Waals surface area contributed by atoms with Gasteiger partial charge in [0.15, 0.2) is 31.0 Å². The predicted octanol–water partition coefficient (Wildman–Crippen LogP) is 9.02. The number of aryl methyl sites for hydroxylation is 1. The van der Waals surface area contributed by atoms with Crippen LogP contribution in [0.4, 0.5) is 14.0 Å². The van der Waals surface area contributed by atoms with Gasteiger partial charge in [0.25, 0.3) is 0 Å². The summed E-state index contributed by atoms with van der Waals surface area (Å²) in [6.07, 6.45) is 5.06. The van der Waals surface area contributed by atoms with Crippen molar-refractivity contribution in [3.8, 4) is 39.5 Å². The molecule has 1 fully saturated rings. The van der Waals surface area contributed by atoms with Gasteiger partial charge in [0, 0.05) is 52.8 Å². The quantitative estimate of drug-likeness (QED) is 0.0879. The summed E-state index contributed by atoms with van der Waals surface area (Å²) in [5.74, 6) is 0.382. The van der Waals surface area contributed by atoms with E-state index in [0.29, 0.717) is 65.9 Å². The molecule has 3 unspecified atom stereocenters. The summed E-state index contributed by atoms with van der Waals surface area (Å²) < 4.78 is 39.1. The molecule has 0 bridgehead atoms. The standard InChI is InChI=1S/C52H55FN8O7S/c1-26(2)44(57-51(64)66-6)48(62)59-18-8-10-37(59)46-28(5)20-34(55-46)31-22-33(53)43-39-23-32-21-30(14-15-36(32)61(39)50(68-40(43)24-31)42-17-16-41(69-42)29-12-13-29)35-25-54-47(56-35)38-11-9-19-60(38)49(63)45(27(3)4)58-52(65)67-7/h14-17,20-27,29,44-45,50H,8-13,18-19H2,1-7H3,(H2,57,58,64,65)/p+2. The van der Waals surface area contributed by atoms with Gasteiger partial charge in [-0.3, -0.25) is 4.57 Å². The number of thiophene rings is 1. The summed E-state index contributed by atoms with van der Waals surface area (Å²) in [7, 11) is 2.56. The normalized spacial score (nSPS) is 17.6. The Morgan fingerprint density at radius 2 is 1.46 bits per heavy atom. The van der Waals surface area contributed by atoms with E-state index in [1.54, 1.807) is 26.7 Å². The molecule has 4 aromatic heterocycles. The van der Waals surface area contributed by atoms with Gasteiger partial charge in [-0.1, -0.05) is 33.8 Å². The fraction of sp³-hybridized carbons (Fsp3) is 0.404. The topological polar surface area (TPSA) is 175 Å². The van der Waals surface area contributed by atoms with Gasteiger partial charge in [0.1, 0.15) is 17.3 Å². The molecular formula is C52H57FN8O7S+2. The molecule has 1 saturated carbocycles. The Balaban J connectivity index is 1.01. The molecule has 3 aliphatic heterocycles. The largest absolute Gasteiger partial charge is 0.464 e. The summed E-state index contributed by atoms with van der Waals surface area (Å²) in [5.41, 5.74) is 8.15. The highest BCUT2D eigenvalue weighted by Crippen LogP contribution is 2.50. The second-order valence-corrected chi connectivity index (χ2v) is 20.3. The Hall–Kier alpha value is -6.88. The van der Waals surface area contributed by atoms with E-state index in [1.165, 1.54) is 38.0 Å². The molecule has 358 valence electrons. The number of nitrogens with zero attached hydrogens (tertiary/aromatic N) is 4. The lowest BCUT2D eigenvalue weighted by Gasteiger charge is -2.30. The van der Waals surface area contributed by atoms with Crippen LogP contribution in [0.25, 0.3) is 44.7 Å². The number of ether oxygens (including phenoxy) is 3. The summed E-state index contributed by atoms with van der Waals surface area (Å²) >= 11 is 1.74. The fourth-order valence-electron chi connectivity index (χ4n) is 10.1. The maximum atomic E-state index is 17.0. The summed E-state index contributed by atoms with van der Waals surface area (Å²) in [5, 5.41) is 6.30. The molecule has 7 heterocycles. The zero-order chi connectivity index (χ0) is 48.4. The van der Waals surface area contributed by atoms with Gasteiger partial charge in [-0.2, -0.15) is 9.15 Å². The smallest absolute Gasteiger partial charge is 0.410 e. The molecule has 69 heavy (non-hydrogen) atoms. The Kier molecular flexibility index (Phi) is 12.1. The molecule has 4 aliphatic rings. The zero-order valence-electron chi connectivity index (χ0n) is 39.8. The van der Waals surface area contributed by atoms with E-state index in [-0.39, 0.29) is 23.7 Å². The second kappa shape index (κ2) is 18.2. The Bertz CT molecular complexity index is 3130. The first-order valence-corrected chi connectivity index (χ1v) is 24.6. The highest BCUT2D eigenvalue weighted by molar-refractivity contribution is 7.12. The summed E-state index contributed by atoms with van der Waals surface area (Å²) in [6, 6.07) is 16.3. The number of fused-ring (bicyclic) bond motifs is 5. The molecule has 0 radical (unpaired) electrons. The first kappa shape index (κ1) is 45.9. The molecule has 2 aromatic carbocycles. The maximum absolute atomic E-state index is 17.0. The number of hydrogen-bond donors (Lipinski definition) is 4. The average molecular weight is 957 g/mol. The average Bonchev–Trinajstić information content (AvgIpc) is 4.03. The number of methoxy groups -OCH3 is 2. The van der Waals surface area contributed by atoms with Crippen molar-refractivity contribution < 1.29 is 46.9 Å². The highest BCUT2D eigenvalue weighted by Gasteiger charge is 2.41. The number of aromatic amines is 2. The van der Waals surface area contributed by atoms with Crippen LogP contribution in [0.3, 0.4) is 0 Å². The van der Waals surface area contributed by atoms with Crippen LogP contribution >= 0.6 is 11.3 Å². The molecule has 15 nitrogen and oxygen atoms in total. The summed E-state index contributed by atoms with van der Waals surface area (Å²) in [4.78, 5) is 66.1. The number of nitrogens with one attached hydrogen (secondary N) is 4. The molecule has 6 aromatic rings. The molecule has 10 rings (SSSR count). The van der Waals surface area contributed by atoms with Gasteiger partial charge < -0.3 is 34.8 Å². The van der Waals surface area contributed by atoms with Crippen LogP contribution in [0.15, 0.2) is 60.8 Å². The summed E-state index contributed by atoms with van der Waals surface area (Å²) in [6.45, 7) is 10.5. The first-order valence-electron chi connectivity index (χ1n) is 23.8. The lowest BCUT2D eigenvalue weighted by atomic mass is 10.0.